The minimum absolute atomic E-state index is 0.133. The number of nitro groups is 1. The van der Waals surface area contributed by atoms with Gasteiger partial charge in [-0.2, -0.15) is 0 Å². The van der Waals surface area contributed by atoms with E-state index in [1.54, 1.807) is 22.6 Å². The summed E-state index contributed by atoms with van der Waals surface area (Å²) in [6, 6.07) is 1.95. The summed E-state index contributed by atoms with van der Waals surface area (Å²) in [6.07, 6.45) is -2.68. The summed E-state index contributed by atoms with van der Waals surface area (Å²) >= 11 is 7.07. The van der Waals surface area contributed by atoms with E-state index in [4.69, 9.17) is 11.6 Å². The van der Waals surface area contributed by atoms with Crippen molar-refractivity contribution in [3.05, 3.63) is 36.4 Å². The van der Waals surface area contributed by atoms with Gasteiger partial charge in [0, 0.05) is 15.2 Å². The molecule has 0 fully saturated rings. The molecule has 0 atom stereocenters. The van der Waals surface area contributed by atoms with E-state index in [1.165, 1.54) is 0 Å². The van der Waals surface area contributed by atoms with Gasteiger partial charge in [-0.25, -0.2) is 8.78 Å². The van der Waals surface area contributed by atoms with Gasteiger partial charge in [0.05, 0.1) is 4.92 Å². The Morgan fingerprint density at radius 3 is 2.50 bits per heavy atom. The Morgan fingerprint density at radius 2 is 2.07 bits per heavy atom. The molecule has 1 aromatic carbocycles. The molecule has 0 saturated heterocycles. The molecule has 0 aromatic heterocycles. The average Bonchev–Trinajstić information content (AvgIpc) is 2.07. The highest BCUT2D eigenvalue weighted by Crippen LogP contribution is 2.33. The van der Waals surface area contributed by atoms with Gasteiger partial charge in [-0.1, -0.05) is 11.6 Å². The summed E-state index contributed by atoms with van der Waals surface area (Å²) in [5, 5.41) is 10.1. The minimum Gasteiger partial charge on any atom is -0.258 e. The van der Waals surface area contributed by atoms with E-state index in [1.807, 2.05) is 0 Å². The van der Waals surface area contributed by atoms with Crippen molar-refractivity contribution >= 4 is 39.9 Å². The fraction of sp³-hybridized carbons (Fsp3) is 0.143. The molecule has 0 unspecified atom stereocenters. The molecule has 0 aliphatic rings. The predicted molar refractivity (Wildman–Crippen MR) is 55.8 cm³/mol. The van der Waals surface area contributed by atoms with E-state index in [2.05, 4.69) is 0 Å². The zero-order chi connectivity index (χ0) is 10.9. The highest BCUT2D eigenvalue weighted by molar-refractivity contribution is 14.1. The second-order valence-electron chi connectivity index (χ2n) is 2.38. The van der Waals surface area contributed by atoms with Crippen LogP contribution in [0.5, 0.6) is 0 Å². The summed E-state index contributed by atoms with van der Waals surface area (Å²) in [7, 11) is 0. The highest BCUT2D eigenvalue weighted by Gasteiger charge is 2.19. The fourth-order valence-corrected chi connectivity index (χ4v) is 1.79. The standard InChI is InChI=1S/C7H3ClF2INO2/c8-4-1-3(7(9)10)5(11)2-6(4)12(13)14/h1-2,7H. The van der Waals surface area contributed by atoms with Crippen LogP contribution in [0, 0.1) is 13.7 Å². The number of rotatable bonds is 2. The van der Waals surface area contributed by atoms with Crippen LogP contribution in [0.1, 0.15) is 12.0 Å². The van der Waals surface area contributed by atoms with Gasteiger partial charge in [-0.15, -0.1) is 0 Å². The molecule has 0 aliphatic carbocycles. The van der Waals surface area contributed by atoms with Crippen LogP contribution < -0.4 is 0 Å². The first kappa shape index (κ1) is 11.6. The van der Waals surface area contributed by atoms with Gasteiger partial charge >= 0.3 is 0 Å². The van der Waals surface area contributed by atoms with Crippen molar-refractivity contribution in [1.82, 2.24) is 0 Å². The van der Waals surface area contributed by atoms with Gasteiger partial charge in [0.1, 0.15) is 5.02 Å². The number of benzene rings is 1. The molecule has 0 amide bonds. The first-order valence-electron chi connectivity index (χ1n) is 3.35. The predicted octanol–water partition coefficient (Wildman–Crippen LogP) is 3.79. The van der Waals surface area contributed by atoms with Crippen LogP contribution in [0.4, 0.5) is 14.5 Å². The lowest BCUT2D eigenvalue weighted by Crippen LogP contribution is -1.95. The zero-order valence-corrected chi connectivity index (χ0v) is 9.42. The van der Waals surface area contributed by atoms with Crippen LogP contribution in [-0.4, -0.2) is 4.92 Å². The first-order valence-corrected chi connectivity index (χ1v) is 4.80. The molecule has 0 bridgehead atoms. The van der Waals surface area contributed by atoms with Crippen LogP contribution in [0.2, 0.25) is 5.02 Å². The molecule has 0 spiro atoms. The second kappa shape index (κ2) is 4.35. The van der Waals surface area contributed by atoms with Crippen molar-refractivity contribution in [2.24, 2.45) is 0 Å². The molecule has 0 saturated carbocycles. The lowest BCUT2D eigenvalue weighted by molar-refractivity contribution is -0.384. The van der Waals surface area contributed by atoms with Gasteiger partial charge in [-0.05, 0) is 28.7 Å². The lowest BCUT2D eigenvalue weighted by Gasteiger charge is -2.03. The summed E-state index contributed by atoms with van der Waals surface area (Å²) in [5.41, 5.74) is -0.651. The Hall–Kier alpha value is -0.500. The maximum absolute atomic E-state index is 12.3. The van der Waals surface area contributed by atoms with E-state index in [0.717, 1.165) is 12.1 Å². The third-order valence-electron chi connectivity index (χ3n) is 1.50. The number of hydrogen-bond acceptors (Lipinski definition) is 2. The van der Waals surface area contributed by atoms with Gasteiger partial charge < -0.3 is 0 Å². The number of nitrogens with zero attached hydrogens (tertiary/aromatic N) is 1. The second-order valence-corrected chi connectivity index (χ2v) is 3.95. The van der Waals surface area contributed by atoms with E-state index in [9.17, 15) is 18.9 Å². The molecule has 76 valence electrons. The van der Waals surface area contributed by atoms with Gasteiger partial charge in [0.15, 0.2) is 0 Å². The molecule has 1 rings (SSSR count). The normalized spacial score (nSPS) is 10.6. The Kier molecular flexibility index (Phi) is 3.59. The average molecular weight is 333 g/mol. The molecule has 3 nitrogen and oxygen atoms in total. The molecule has 0 aliphatic heterocycles. The Bertz CT molecular complexity index is 386. The Labute approximate surface area is 96.3 Å². The summed E-state index contributed by atoms with van der Waals surface area (Å²) in [5.74, 6) is 0. The smallest absolute Gasteiger partial charge is 0.258 e. The monoisotopic (exact) mass is 333 g/mol. The lowest BCUT2D eigenvalue weighted by atomic mass is 10.2. The molecule has 1 aromatic rings. The van der Waals surface area contributed by atoms with Crippen LogP contribution in [0.3, 0.4) is 0 Å². The van der Waals surface area contributed by atoms with E-state index < -0.39 is 11.3 Å². The molecular weight excluding hydrogens is 330 g/mol. The SMILES string of the molecule is O=[N+]([O-])c1cc(I)c(C(F)F)cc1Cl. The minimum atomic E-state index is -2.68. The van der Waals surface area contributed by atoms with Gasteiger partial charge in [0.2, 0.25) is 0 Å². The molecule has 0 radical (unpaired) electrons. The summed E-state index contributed by atoms with van der Waals surface area (Å²) in [4.78, 5) is 9.68. The third-order valence-corrected chi connectivity index (χ3v) is 2.73. The van der Waals surface area contributed by atoms with Crippen molar-refractivity contribution in [3.8, 4) is 0 Å². The summed E-state index contributed by atoms with van der Waals surface area (Å²) in [6.45, 7) is 0. The molecule has 0 heterocycles. The zero-order valence-electron chi connectivity index (χ0n) is 6.51. The van der Waals surface area contributed by atoms with Crippen molar-refractivity contribution in [2.45, 2.75) is 6.43 Å². The molecule has 7 heteroatoms. The summed E-state index contributed by atoms with van der Waals surface area (Å²) < 4.78 is 24.7. The fourth-order valence-electron chi connectivity index (χ4n) is 0.859. The van der Waals surface area contributed by atoms with Crippen molar-refractivity contribution < 1.29 is 13.7 Å². The van der Waals surface area contributed by atoms with Gasteiger partial charge in [-0.3, -0.25) is 10.1 Å². The van der Waals surface area contributed by atoms with E-state index in [0.29, 0.717) is 0 Å². The molecule has 0 N–H and O–H groups in total. The highest BCUT2D eigenvalue weighted by atomic mass is 127. The first-order chi connectivity index (χ1) is 6.43. The Balaban J connectivity index is 3.31. The largest absolute Gasteiger partial charge is 0.288 e. The van der Waals surface area contributed by atoms with Crippen LogP contribution in [0.25, 0.3) is 0 Å². The van der Waals surface area contributed by atoms with Crippen molar-refractivity contribution in [2.75, 3.05) is 0 Å². The third kappa shape index (κ3) is 2.30. The van der Waals surface area contributed by atoms with E-state index in [-0.39, 0.29) is 19.8 Å². The maximum Gasteiger partial charge on any atom is 0.288 e. The number of alkyl halides is 2. The number of hydrogen-bond donors (Lipinski definition) is 0. The van der Waals surface area contributed by atoms with Crippen molar-refractivity contribution in [1.29, 1.82) is 0 Å². The van der Waals surface area contributed by atoms with Crippen LogP contribution in [0.15, 0.2) is 12.1 Å². The van der Waals surface area contributed by atoms with Crippen LogP contribution in [-0.2, 0) is 0 Å². The van der Waals surface area contributed by atoms with Crippen LogP contribution >= 0.6 is 34.2 Å². The molecular formula is C7H3ClF2INO2. The van der Waals surface area contributed by atoms with E-state index >= 15 is 0 Å². The van der Waals surface area contributed by atoms with Gasteiger partial charge in [0.25, 0.3) is 12.1 Å². The maximum atomic E-state index is 12.3. The quantitative estimate of drug-likeness (QED) is 0.469. The topological polar surface area (TPSA) is 43.1 Å². The van der Waals surface area contributed by atoms with Crippen molar-refractivity contribution in [3.63, 3.8) is 0 Å². The molecule has 14 heavy (non-hydrogen) atoms. The number of halogens is 4. The Morgan fingerprint density at radius 1 is 1.50 bits per heavy atom. The number of nitro benzene ring substituents is 1.